The summed E-state index contributed by atoms with van der Waals surface area (Å²) in [4.78, 5) is 17.5. The minimum Gasteiger partial charge on any atom is -0.339 e. The summed E-state index contributed by atoms with van der Waals surface area (Å²) in [5.74, 6) is 0.133. The van der Waals surface area contributed by atoms with E-state index in [9.17, 15) is 13.2 Å². The molecule has 1 aromatic heterocycles. The van der Waals surface area contributed by atoms with E-state index >= 15 is 0 Å². The molecule has 0 spiro atoms. The second kappa shape index (κ2) is 6.37. The summed E-state index contributed by atoms with van der Waals surface area (Å²) < 4.78 is 28.6. The molecule has 1 aromatic carbocycles. The number of imidazole rings is 1. The Morgan fingerprint density at radius 2 is 2.08 bits per heavy atom. The van der Waals surface area contributed by atoms with Gasteiger partial charge in [0.2, 0.25) is 5.91 Å². The summed E-state index contributed by atoms with van der Waals surface area (Å²) in [6.45, 7) is 2.77. The van der Waals surface area contributed by atoms with Crippen LogP contribution in [-0.2, 0) is 34.8 Å². The first-order valence-corrected chi connectivity index (χ1v) is 9.29. The average Bonchev–Trinajstić information content (AvgIpc) is 3.00. The summed E-state index contributed by atoms with van der Waals surface area (Å²) in [5.41, 5.74) is 2.86. The van der Waals surface area contributed by atoms with E-state index in [2.05, 4.69) is 9.71 Å². The number of carbonyl (C=O) groups is 1. The van der Waals surface area contributed by atoms with Crippen molar-refractivity contribution in [2.75, 3.05) is 11.4 Å². The fourth-order valence-electron chi connectivity index (χ4n) is 2.85. The van der Waals surface area contributed by atoms with Crippen molar-refractivity contribution < 1.29 is 13.2 Å². The lowest BCUT2D eigenvalue weighted by atomic mass is 9.99. The highest BCUT2D eigenvalue weighted by atomic mass is 32.2. The van der Waals surface area contributed by atoms with E-state index in [1.807, 2.05) is 25.1 Å². The summed E-state index contributed by atoms with van der Waals surface area (Å²) in [7, 11) is -1.91. The molecule has 1 aliphatic heterocycles. The minimum absolute atomic E-state index is 0.00529. The molecule has 1 N–H and O–H groups in total. The van der Waals surface area contributed by atoms with Gasteiger partial charge in [0.05, 0.1) is 6.33 Å². The lowest BCUT2D eigenvalue weighted by Gasteiger charge is -2.28. The molecule has 1 aliphatic rings. The number of rotatable bonds is 5. The van der Waals surface area contributed by atoms with Crippen LogP contribution in [0.1, 0.15) is 24.5 Å². The lowest BCUT2D eigenvalue weighted by molar-refractivity contribution is -0.118. The Balaban J connectivity index is 1.76. The van der Waals surface area contributed by atoms with E-state index in [0.29, 0.717) is 19.4 Å². The highest BCUT2D eigenvalue weighted by molar-refractivity contribution is 7.89. The molecule has 0 fully saturated rings. The van der Waals surface area contributed by atoms with Crippen molar-refractivity contribution >= 4 is 21.6 Å². The van der Waals surface area contributed by atoms with E-state index in [4.69, 9.17) is 0 Å². The molecule has 0 atom stereocenters. The molecule has 8 heteroatoms. The summed E-state index contributed by atoms with van der Waals surface area (Å²) >= 11 is 0. The van der Waals surface area contributed by atoms with Crippen molar-refractivity contribution in [1.82, 2.24) is 14.3 Å². The van der Waals surface area contributed by atoms with Gasteiger partial charge in [-0.25, -0.2) is 18.1 Å². The van der Waals surface area contributed by atoms with E-state index in [1.54, 1.807) is 16.5 Å². The van der Waals surface area contributed by atoms with Crippen LogP contribution in [-0.4, -0.2) is 30.4 Å². The van der Waals surface area contributed by atoms with Crippen molar-refractivity contribution in [3.05, 3.63) is 41.9 Å². The molecular weight excluding hydrogens is 328 g/mol. The van der Waals surface area contributed by atoms with Crippen LogP contribution in [0, 0.1) is 0 Å². The van der Waals surface area contributed by atoms with Gasteiger partial charge in [0.15, 0.2) is 5.03 Å². The predicted molar refractivity (Wildman–Crippen MR) is 90.0 cm³/mol. The van der Waals surface area contributed by atoms with Gasteiger partial charge in [-0.05, 0) is 30.5 Å². The SMILES string of the molecule is CCN1C(=O)CCc2cc(CNS(=O)(=O)c3cn(C)cn3)ccc21. The van der Waals surface area contributed by atoms with Gasteiger partial charge in [0.1, 0.15) is 0 Å². The number of aromatic nitrogens is 2. The number of fused-ring (bicyclic) bond motifs is 1. The monoisotopic (exact) mass is 348 g/mol. The first kappa shape index (κ1) is 16.7. The largest absolute Gasteiger partial charge is 0.339 e. The number of hydrogen-bond donors (Lipinski definition) is 1. The number of carbonyl (C=O) groups excluding carboxylic acids is 1. The number of aryl methyl sites for hydroxylation is 2. The smallest absolute Gasteiger partial charge is 0.259 e. The molecule has 0 aliphatic carbocycles. The fourth-order valence-corrected chi connectivity index (χ4v) is 3.85. The van der Waals surface area contributed by atoms with Crippen LogP contribution in [0.4, 0.5) is 5.69 Å². The topological polar surface area (TPSA) is 84.3 Å². The number of amides is 1. The van der Waals surface area contributed by atoms with Gasteiger partial charge in [0, 0.05) is 38.4 Å². The molecule has 2 heterocycles. The van der Waals surface area contributed by atoms with Gasteiger partial charge in [0.25, 0.3) is 10.0 Å². The molecule has 0 bridgehead atoms. The third-order valence-electron chi connectivity index (χ3n) is 4.08. The van der Waals surface area contributed by atoms with Crippen molar-refractivity contribution in [2.45, 2.75) is 31.3 Å². The van der Waals surface area contributed by atoms with Gasteiger partial charge < -0.3 is 9.47 Å². The Morgan fingerprint density at radius 1 is 1.29 bits per heavy atom. The number of nitrogens with zero attached hydrogens (tertiary/aromatic N) is 3. The van der Waals surface area contributed by atoms with Crippen LogP contribution in [0.15, 0.2) is 35.7 Å². The molecule has 0 unspecified atom stereocenters. The zero-order chi connectivity index (χ0) is 17.3. The van der Waals surface area contributed by atoms with E-state index < -0.39 is 10.0 Å². The summed E-state index contributed by atoms with van der Waals surface area (Å²) in [6, 6.07) is 5.70. The zero-order valence-electron chi connectivity index (χ0n) is 13.7. The predicted octanol–water partition coefficient (Wildman–Crippen LogP) is 1.20. The fraction of sp³-hybridized carbons (Fsp3) is 0.375. The normalized spacial score (nSPS) is 14.8. The standard InChI is InChI=1S/C16H20N4O3S/c1-3-20-14-6-4-12(8-13(14)5-7-16(20)21)9-18-24(22,23)15-10-19(2)11-17-15/h4,6,8,10-11,18H,3,5,7,9H2,1-2H3. The van der Waals surface area contributed by atoms with Crippen molar-refractivity contribution in [2.24, 2.45) is 7.05 Å². The van der Waals surface area contributed by atoms with Crippen LogP contribution >= 0.6 is 0 Å². The third kappa shape index (κ3) is 3.20. The maximum atomic E-state index is 12.2. The minimum atomic E-state index is -3.63. The molecule has 0 saturated carbocycles. The molecule has 128 valence electrons. The number of nitrogens with one attached hydrogen (secondary N) is 1. The Bertz CT molecular complexity index is 873. The van der Waals surface area contributed by atoms with Gasteiger partial charge in [-0.3, -0.25) is 4.79 Å². The Kier molecular flexibility index (Phi) is 4.42. The van der Waals surface area contributed by atoms with Crippen LogP contribution in [0.3, 0.4) is 0 Å². The number of sulfonamides is 1. The summed E-state index contributed by atoms with van der Waals surface area (Å²) in [5, 5.41) is 0.00529. The zero-order valence-corrected chi connectivity index (χ0v) is 14.5. The molecule has 0 saturated heterocycles. The van der Waals surface area contributed by atoms with Gasteiger partial charge in [-0.2, -0.15) is 0 Å². The number of hydrogen-bond acceptors (Lipinski definition) is 4. The van der Waals surface area contributed by atoms with Gasteiger partial charge in [-0.1, -0.05) is 12.1 Å². The van der Waals surface area contributed by atoms with Crippen LogP contribution in [0.2, 0.25) is 0 Å². The van der Waals surface area contributed by atoms with Crippen LogP contribution in [0.5, 0.6) is 0 Å². The highest BCUT2D eigenvalue weighted by Gasteiger charge is 2.23. The average molecular weight is 348 g/mol. The molecule has 1 amide bonds. The lowest BCUT2D eigenvalue weighted by Crippen LogP contribution is -2.34. The Hall–Kier alpha value is -2.19. The molecule has 3 rings (SSSR count). The van der Waals surface area contributed by atoms with E-state index in [1.165, 1.54) is 12.5 Å². The molecule has 7 nitrogen and oxygen atoms in total. The van der Waals surface area contributed by atoms with Crippen LogP contribution in [0.25, 0.3) is 0 Å². The van der Waals surface area contributed by atoms with Crippen molar-refractivity contribution in [3.8, 4) is 0 Å². The van der Waals surface area contributed by atoms with Crippen molar-refractivity contribution in [1.29, 1.82) is 0 Å². The maximum Gasteiger partial charge on any atom is 0.259 e. The highest BCUT2D eigenvalue weighted by Crippen LogP contribution is 2.28. The quantitative estimate of drug-likeness (QED) is 0.880. The van der Waals surface area contributed by atoms with Gasteiger partial charge in [-0.15, -0.1) is 0 Å². The van der Waals surface area contributed by atoms with Crippen LogP contribution < -0.4 is 9.62 Å². The number of anilines is 1. The molecule has 2 aromatic rings. The van der Waals surface area contributed by atoms with E-state index in [0.717, 1.165) is 16.8 Å². The molecular formula is C16H20N4O3S. The first-order valence-electron chi connectivity index (χ1n) is 7.80. The summed E-state index contributed by atoms with van der Waals surface area (Å²) in [6.07, 6.45) is 4.08. The maximum absolute atomic E-state index is 12.2. The number of benzene rings is 1. The third-order valence-corrected chi connectivity index (χ3v) is 5.37. The van der Waals surface area contributed by atoms with Gasteiger partial charge >= 0.3 is 0 Å². The van der Waals surface area contributed by atoms with Crippen molar-refractivity contribution in [3.63, 3.8) is 0 Å². The second-order valence-electron chi connectivity index (χ2n) is 5.80. The van der Waals surface area contributed by atoms with E-state index in [-0.39, 0.29) is 17.5 Å². The molecule has 0 radical (unpaired) electrons. The Morgan fingerprint density at radius 3 is 2.75 bits per heavy atom. The second-order valence-corrected chi connectivity index (χ2v) is 7.52. The molecule has 24 heavy (non-hydrogen) atoms. The Labute approximate surface area is 141 Å². The first-order chi connectivity index (χ1) is 11.4.